The molecule has 2 heterocycles. The van der Waals surface area contributed by atoms with Crippen LogP contribution in [0.2, 0.25) is 0 Å². The van der Waals surface area contributed by atoms with E-state index >= 15 is 0 Å². The van der Waals surface area contributed by atoms with Crippen molar-refractivity contribution in [2.45, 2.75) is 19.4 Å². The number of aliphatic imine (C=N–C) groups is 1. The second-order valence-electron chi connectivity index (χ2n) is 6.79. The molecule has 1 aromatic heterocycles. The second-order valence-corrected chi connectivity index (χ2v) is 7.79. The third-order valence-electron chi connectivity index (χ3n) is 4.88. The van der Waals surface area contributed by atoms with E-state index in [1.165, 1.54) is 0 Å². The van der Waals surface area contributed by atoms with Gasteiger partial charge in [0.25, 0.3) is 0 Å². The molecule has 0 spiro atoms. The molecular weight excluding hydrogens is 385 g/mol. The van der Waals surface area contributed by atoms with Gasteiger partial charge in [0, 0.05) is 10.8 Å². The van der Waals surface area contributed by atoms with Gasteiger partial charge in [-0.2, -0.15) is 0 Å². The minimum Gasteiger partial charge on any atom is -0.475 e. The average molecular weight is 405 g/mol. The molecule has 0 unspecified atom stereocenters. The first-order valence-electron chi connectivity index (χ1n) is 9.64. The Hall–Kier alpha value is -3.17. The first kappa shape index (κ1) is 17.9. The molecule has 1 aliphatic heterocycles. The van der Waals surface area contributed by atoms with Crippen LogP contribution in [-0.2, 0) is 4.74 Å². The van der Waals surface area contributed by atoms with E-state index in [0.29, 0.717) is 18.3 Å². The first-order valence-corrected chi connectivity index (χ1v) is 10.7. The lowest BCUT2D eigenvalue weighted by atomic mass is 10.1. The van der Waals surface area contributed by atoms with Crippen LogP contribution in [0.25, 0.3) is 21.9 Å². The zero-order chi connectivity index (χ0) is 19.6. The van der Waals surface area contributed by atoms with E-state index in [9.17, 15) is 0 Å². The summed E-state index contributed by atoms with van der Waals surface area (Å²) in [6, 6.07) is 23.7. The average Bonchev–Trinajstić information content (AvgIpc) is 3.18. The molecule has 146 valence electrons. The van der Waals surface area contributed by atoms with Crippen molar-refractivity contribution >= 4 is 36.1 Å². The molecule has 0 bridgehead atoms. The van der Waals surface area contributed by atoms with Gasteiger partial charge in [0.05, 0.1) is 11.6 Å². The van der Waals surface area contributed by atoms with Gasteiger partial charge in [0.15, 0.2) is 0 Å². The fraction of sp³-hybridized carbons (Fsp3) is 0.174. The molecule has 5 rings (SSSR count). The van der Waals surface area contributed by atoms with Crippen molar-refractivity contribution in [3.05, 3.63) is 78.4 Å². The van der Waals surface area contributed by atoms with Gasteiger partial charge >= 0.3 is 8.24 Å². The van der Waals surface area contributed by atoms with E-state index in [2.05, 4.69) is 11.9 Å². The smallest absolute Gasteiger partial charge is 0.453 e. The minimum atomic E-state index is -1.70. The maximum absolute atomic E-state index is 6.22. The van der Waals surface area contributed by atoms with Crippen molar-refractivity contribution in [2.75, 3.05) is 6.61 Å². The van der Waals surface area contributed by atoms with Crippen LogP contribution < -0.4 is 4.52 Å². The number of rotatable bonds is 4. The summed E-state index contributed by atoms with van der Waals surface area (Å²) in [4.78, 5) is 4.66. The number of hydrogen-bond donors (Lipinski definition) is 0. The SMILES string of the molecule is CC[C@H]1COC(c2ccccc2Op2oc3ccccc3c3ccccc3o2)=N1. The van der Waals surface area contributed by atoms with Gasteiger partial charge in [0.2, 0.25) is 5.90 Å². The van der Waals surface area contributed by atoms with Crippen molar-refractivity contribution in [1.82, 2.24) is 0 Å². The Labute approximate surface area is 169 Å². The number of ether oxygens (including phenoxy) is 1. The van der Waals surface area contributed by atoms with Crippen molar-refractivity contribution in [3.63, 3.8) is 0 Å². The number of hydrogen-bond acceptors (Lipinski definition) is 5. The van der Waals surface area contributed by atoms with Crippen LogP contribution in [0.4, 0.5) is 0 Å². The Balaban J connectivity index is 1.63. The highest BCUT2D eigenvalue weighted by Crippen LogP contribution is 2.38. The van der Waals surface area contributed by atoms with E-state index in [0.717, 1.165) is 33.9 Å². The fourth-order valence-corrected chi connectivity index (χ4v) is 4.40. The standard InChI is InChI=1S/C23H20NO4P/c1-2-16-15-25-23(24-16)19-11-5-8-14-22(19)28-29-26-20-12-6-3-9-17(20)18-10-4-7-13-21(18)27-29/h3-14,16H,2,15H2,1H3/t16-/m0/s1. The molecular formula is C23H20NO4P. The lowest BCUT2D eigenvalue weighted by molar-refractivity contribution is 0.314. The lowest BCUT2D eigenvalue weighted by Gasteiger charge is -2.08. The zero-order valence-corrected chi connectivity index (χ0v) is 16.8. The van der Waals surface area contributed by atoms with Crippen LogP contribution in [0.3, 0.4) is 0 Å². The van der Waals surface area contributed by atoms with Crippen molar-refractivity contribution in [3.8, 4) is 5.75 Å². The first-order chi connectivity index (χ1) is 14.3. The van der Waals surface area contributed by atoms with Gasteiger partial charge in [-0.1, -0.05) is 55.5 Å². The molecule has 29 heavy (non-hydrogen) atoms. The summed E-state index contributed by atoms with van der Waals surface area (Å²) in [7, 11) is -1.70. The molecule has 1 atom stereocenters. The third kappa shape index (κ3) is 3.50. The van der Waals surface area contributed by atoms with Gasteiger partial charge < -0.3 is 17.7 Å². The highest BCUT2D eigenvalue weighted by molar-refractivity contribution is 7.32. The third-order valence-corrected chi connectivity index (χ3v) is 5.92. The van der Waals surface area contributed by atoms with E-state index in [1.54, 1.807) is 0 Å². The van der Waals surface area contributed by atoms with E-state index in [4.69, 9.17) is 17.7 Å². The molecule has 3 aromatic carbocycles. The van der Waals surface area contributed by atoms with Crippen LogP contribution >= 0.6 is 8.24 Å². The molecule has 5 nitrogen and oxygen atoms in total. The second kappa shape index (κ2) is 7.69. The summed E-state index contributed by atoms with van der Waals surface area (Å²) in [5.74, 6) is 1.24. The topological polar surface area (TPSA) is 57.1 Å². The predicted molar refractivity (Wildman–Crippen MR) is 115 cm³/mol. The molecule has 4 aromatic rings. The molecule has 0 fully saturated rings. The van der Waals surface area contributed by atoms with Gasteiger partial charge in [-0.25, -0.2) is 4.99 Å². The van der Waals surface area contributed by atoms with Crippen LogP contribution in [0.5, 0.6) is 5.75 Å². The van der Waals surface area contributed by atoms with Crippen molar-refractivity contribution < 1.29 is 17.7 Å². The number of fused-ring (bicyclic) bond motifs is 3. The molecule has 1 aliphatic rings. The van der Waals surface area contributed by atoms with Crippen LogP contribution in [0.15, 0.2) is 86.2 Å². The van der Waals surface area contributed by atoms with Crippen LogP contribution in [-0.4, -0.2) is 18.5 Å². The largest absolute Gasteiger partial charge is 0.475 e. The predicted octanol–water partition coefficient (Wildman–Crippen LogP) is 6.69. The fourth-order valence-electron chi connectivity index (χ4n) is 3.33. The molecule has 0 N–H and O–H groups in total. The van der Waals surface area contributed by atoms with Crippen molar-refractivity contribution in [2.24, 2.45) is 4.99 Å². The summed E-state index contributed by atoms with van der Waals surface area (Å²) in [5, 5.41) is 1.97. The monoisotopic (exact) mass is 405 g/mol. The summed E-state index contributed by atoms with van der Waals surface area (Å²) in [6.07, 6.45) is 0.943. The zero-order valence-electron chi connectivity index (χ0n) is 15.9. The Morgan fingerprint density at radius 1 is 0.897 bits per heavy atom. The van der Waals surface area contributed by atoms with Crippen molar-refractivity contribution in [1.29, 1.82) is 0 Å². The Morgan fingerprint density at radius 3 is 2.17 bits per heavy atom. The van der Waals surface area contributed by atoms with Gasteiger partial charge in [-0.15, -0.1) is 0 Å². The summed E-state index contributed by atoms with van der Waals surface area (Å²) >= 11 is 0. The molecule has 6 heteroatoms. The number of nitrogens with zero attached hydrogens (tertiary/aromatic N) is 1. The summed E-state index contributed by atoms with van der Waals surface area (Å²) in [6.45, 7) is 2.71. The van der Waals surface area contributed by atoms with E-state index in [-0.39, 0.29) is 6.04 Å². The van der Waals surface area contributed by atoms with E-state index < -0.39 is 8.24 Å². The minimum absolute atomic E-state index is 0.188. The highest BCUT2D eigenvalue weighted by atomic mass is 31.1. The molecule has 0 aliphatic carbocycles. The number of para-hydroxylation sites is 3. The summed E-state index contributed by atoms with van der Waals surface area (Å²) in [5.41, 5.74) is 2.28. The lowest BCUT2D eigenvalue weighted by Crippen LogP contribution is -2.04. The molecule has 0 saturated carbocycles. The van der Waals surface area contributed by atoms with Gasteiger partial charge in [-0.05, 0) is 30.7 Å². The Morgan fingerprint density at radius 2 is 1.52 bits per heavy atom. The normalized spacial score (nSPS) is 15.9. The Bertz CT molecular complexity index is 1190. The number of benzene rings is 3. The van der Waals surface area contributed by atoms with Crippen LogP contribution in [0, 0.1) is 0 Å². The van der Waals surface area contributed by atoms with Gasteiger partial charge in [-0.3, -0.25) is 0 Å². The quantitative estimate of drug-likeness (QED) is 0.380. The Kier molecular flexibility index (Phi) is 4.74. The van der Waals surface area contributed by atoms with Gasteiger partial charge in [0.1, 0.15) is 23.5 Å². The van der Waals surface area contributed by atoms with E-state index in [1.807, 2.05) is 72.8 Å². The maximum atomic E-state index is 6.22. The van der Waals surface area contributed by atoms with Crippen LogP contribution in [0.1, 0.15) is 18.9 Å². The highest BCUT2D eigenvalue weighted by Gasteiger charge is 2.22. The maximum Gasteiger partial charge on any atom is 0.453 e. The molecule has 0 amide bonds. The molecule has 0 saturated heterocycles. The summed E-state index contributed by atoms with van der Waals surface area (Å²) < 4.78 is 24.3. The molecule has 0 radical (unpaired) electrons.